The van der Waals surface area contributed by atoms with Crippen molar-refractivity contribution in [3.63, 3.8) is 0 Å². The van der Waals surface area contributed by atoms with Crippen LogP contribution in [0.4, 0.5) is 5.82 Å². The van der Waals surface area contributed by atoms with Gasteiger partial charge in [0.15, 0.2) is 0 Å². The quantitative estimate of drug-likeness (QED) is 0.924. The lowest BCUT2D eigenvalue weighted by atomic mass is 9.91. The summed E-state index contributed by atoms with van der Waals surface area (Å²) >= 11 is 0. The first-order chi connectivity index (χ1) is 10.5. The van der Waals surface area contributed by atoms with Crippen LogP contribution in [-0.4, -0.2) is 14.8 Å². The zero-order chi connectivity index (χ0) is 15.9. The molecule has 1 atom stereocenters. The highest BCUT2D eigenvalue weighted by Gasteiger charge is 2.26. The first-order valence-corrected chi connectivity index (χ1v) is 7.68. The number of aromatic nitrogens is 3. The van der Waals surface area contributed by atoms with Crippen molar-refractivity contribution in [2.24, 2.45) is 7.05 Å². The molecular weight excluding hydrogens is 274 g/mol. The lowest BCUT2D eigenvalue weighted by molar-refractivity contribution is 0.570. The van der Waals surface area contributed by atoms with Crippen LogP contribution in [0.2, 0.25) is 0 Å². The SMILES string of the molecule is Cc1cc(NC2CCCc3c2c(C)nn3C)nc(C)c1C#N. The number of fused-ring (bicyclic) bond motifs is 1. The van der Waals surface area contributed by atoms with Gasteiger partial charge in [-0.25, -0.2) is 4.98 Å². The van der Waals surface area contributed by atoms with E-state index < -0.39 is 0 Å². The topological polar surface area (TPSA) is 66.5 Å². The Hall–Kier alpha value is -2.35. The standard InChI is InChI=1S/C17H21N5/c1-10-8-16(19-11(2)13(10)9-18)20-14-6-5-7-15-17(14)12(3)21-22(15)4/h8,14H,5-7H2,1-4H3,(H,19,20). The van der Waals surface area contributed by atoms with Gasteiger partial charge in [0.05, 0.1) is 23.0 Å². The maximum absolute atomic E-state index is 9.16. The molecular formula is C17H21N5. The number of rotatable bonds is 2. The molecule has 1 aliphatic rings. The van der Waals surface area contributed by atoms with E-state index in [-0.39, 0.29) is 6.04 Å². The molecule has 1 aliphatic carbocycles. The fourth-order valence-electron chi connectivity index (χ4n) is 3.49. The molecule has 0 spiro atoms. The van der Waals surface area contributed by atoms with Gasteiger partial charge in [-0.15, -0.1) is 0 Å². The largest absolute Gasteiger partial charge is 0.363 e. The molecule has 5 heteroatoms. The van der Waals surface area contributed by atoms with E-state index in [1.165, 1.54) is 11.3 Å². The van der Waals surface area contributed by atoms with Crippen LogP contribution in [0.25, 0.3) is 0 Å². The number of anilines is 1. The van der Waals surface area contributed by atoms with Gasteiger partial charge in [-0.05, 0) is 51.7 Å². The first-order valence-electron chi connectivity index (χ1n) is 7.68. The maximum Gasteiger partial charge on any atom is 0.127 e. The highest BCUT2D eigenvalue weighted by atomic mass is 15.3. The van der Waals surface area contributed by atoms with Gasteiger partial charge in [0.25, 0.3) is 0 Å². The third-order valence-electron chi connectivity index (χ3n) is 4.48. The Bertz CT molecular complexity index is 743. The summed E-state index contributed by atoms with van der Waals surface area (Å²) in [6, 6.07) is 4.43. The summed E-state index contributed by atoms with van der Waals surface area (Å²) < 4.78 is 2.00. The maximum atomic E-state index is 9.16. The molecule has 0 fully saturated rings. The van der Waals surface area contributed by atoms with E-state index in [9.17, 15) is 0 Å². The molecule has 0 radical (unpaired) electrons. The summed E-state index contributed by atoms with van der Waals surface area (Å²) in [5.74, 6) is 0.843. The summed E-state index contributed by atoms with van der Waals surface area (Å²) in [4.78, 5) is 4.55. The zero-order valence-electron chi connectivity index (χ0n) is 13.6. The molecule has 2 heterocycles. The molecule has 2 aromatic heterocycles. The van der Waals surface area contributed by atoms with Gasteiger partial charge in [-0.3, -0.25) is 4.68 Å². The van der Waals surface area contributed by atoms with Gasteiger partial charge in [0, 0.05) is 18.3 Å². The van der Waals surface area contributed by atoms with Crippen molar-refractivity contribution in [2.45, 2.75) is 46.1 Å². The molecule has 22 heavy (non-hydrogen) atoms. The Morgan fingerprint density at radius 2 is 2.09 bits per heavy atom. The molecule has 1 N–H and O–H groups in total. The van der Waals surface area contributed by atoms with Crippen LogP contribution in [0.15, 0.2) is 6.07 Å². The third kappa shape index (κ3) is 2.35. The molecule has 0 amide bonds. The van der Waals surface area contributed by atoms with Crippen LogP contribution < -0.4 is 5.32 Å². The fraction of sp³-hybridized carbons (Fsp3) is 0.471. The summed E-state index contributed by atoms with van der Waals surface area (Å²) in [7, 11) is 2.02. The number of aryl methyl sites for hydroxylation is 4. The monoisotopic (exact) mass is 295 g/mol. The molecule has 2 aromatic rings. The van der Waals surface area contributed by atoms with Crippen molar-refractivity contribution in [3.05, 3.63) is 39.8 Å². The Labute approximate surface area is 131 Å². The van der Waals surface area contributed by atoms with Crippen molar-refractivity contribution in [1.29, 1.82) is 5.26 Å². The summed E-state index contributed by atoms with van der Waals surface area (Å²) in [6.45, 7) is 5.92. The number of nitrogens with one attached hydrogen (secondary N) is 1. The lowest BCUT2D eigenvalue weighted by Gasteiger charge is -2.25. The van der Waals surface area contributed by atoms with Gasteiger partial charge >= 0.3 is 0 Å². The van der Waals surface area contributed by atoms with Gasteiger partial charge in [-0.2, -0.15) is 10.4 Å². The molecule has 0 aliphatic heterocycles. The summed E-state index contributed by atoms with van der Waals surface area (Å²) in [5, 5.41) is 17.3. The Kier molecular flexibility index (Phi) is 3.61. The number of hydrogen-bond donors (Lipinski definition) is 1. The van der Waals surface area contributed by atoms with Crippen LogP contribution in [0.5, 0.6) is 0 Å². The molecule has 0 aromatic carbocycles. The average Bonchev–Trinajstić information content (AvgIpc) is 2.75. The predicted molar refractivity (Wildman–Crippen MR) is 85.7 cm³/mol. The molecule has 3 rings (SSSR count). The van der Waals surface area contributed by atoms with E-state index in [1.807, 2.05) is 31.6 Å². The van der Waals surface area contributed by atoms with E-state index in [1.54, 1.807) is 0 Å². The van der Waals surface area contributed by atoms with Gasteiger partial charge in [0.1, 0.15) is 11.9 Å². The van der Waals surface area contributed by atoms with Crippen LogP contribution in [-0.2, 0) is 13.5 Å². The van der Waals surface area contributed by atoms with E-state index in [0.717, 1.165) is 42.0 Å². The van der Waals surface area contributed by atoms with Gasteiger partial charge in [0.2, 0.25) is 0 Å². The molecule has 5 nitrogen and oxygen atoms in total. The molecule has 0 saturated carbocycles. The van der Waals surface area contributed by atoms with Crippen LogP contribution in [0.1, 0.15) is 52.7 Å². The van der Waals surface area contributed by atoms with Crippen molar-refractivity contribution in [1.82, 2.24) is 14.8 Å². The van der Waals surface area contributed by atoms with Gasteiger partial charge < -0.3 is 5.32 Å². The first kappa shape index (κ1) is 14.6. The molecule has 1 unspecified atom stereocenters. The highest BCUT2D eigenvalue weighted by Crippen LogP contribution is 2.34. The smallest absolute Gasteiger partial charge is 0.127 e. The van der Waals surface area contributed by atoms with Crippen molar-refractivity contribution >= 4 is 5.82 Å². The van der Waals surface area contributed by atoms with Crippen LogP contribution in [0, 0.1) is 32.1 Å². The van der Waals surface area contributed by atoms with E-state index >= 15 is 0 Å². The normalized spacial score (nSPS) is 17.0. The number of hydrogen-bond acceptors (Lipinski definition) is 4. The predicted octanol–water partition coefficient (Wildman–Crippen LogP) is 3.10. The molecule has 114 valence electrons. The Morgan fingerprint density at radius 3 is 2.77 bits per heavy atom. The Morgan fingerprint density at radius 1 is 1.32 bits per heavy atom. The fourth-order valence-corrected chi connectivity index (χ4v) is 3.49. The van der Waals surface area contributed by atoms with Crippen molar-refractivity contribution in [3.8, 4) is 6.07 Å². The third-order valence-corrected chi connectivity index (χ3v) is 4.48. The number of nitriles is 1. The number of nitrogens with zero attached hydrogens (tertiary/aromatic N) is 4. The average molecular weight is 295 g/mol. The van der Waals surface area contributed by atoms with Gasteiger partial charge in [-0.1, -0.05) is 0 Å². The van der Waals surface area contributed by atoms with Crippen LogP contribution >= 0.6 is 0 Å². The minimum Gasteiger partial charge on any atom is -0.363 e. The van der Waals surface area contributed by atoms with Crippen LogP contribution in [0.3, 0.4) is 0 Å². The van der Waals surface area contributed by atoms with Crippen molar-refractivity contribution in [2.75, 3.05) is 5.32 Å². The summed E-state index contributed by atoms with van der Waals surface area (Å²) in [6.07, 6.45) is 3.32. The molecule has 0 saturated heterocycles. The highest BCUT2D eigenvalue weighted by molar-refractivity contribution is 5.50. The number of pyridine rings is 1. The minimum absolute atomic E-state index is 0.247. The second kappa shape index (κ2) is 5.45. The zero-order valence-corrected chi connectivity index (χ0v) is 13.6. The Balaban J connectivity index is 1.95. The van der Waals surface area contributed by atoms with E-state index in [0.29, 0.717) is 5.56 Å². The van der Waals surface area contributed by atoms with E-state index in [4.69, 9.17) is 5.26 Å². The molecule has 0 bridgehead atoms. The van der Waals surface area contributed by atoms with E-state index in [2.05, 4.69) is 28.4 Å². The van der Waals surface area contributed by atoms with Crippen molar-refractivity contribution < 1.29 is 0 Å². The second-order valence-electron chi connectivity index (χ2n) is 6.06. The second-order valence-corrected chi connectivity index (χ2v) is 6.06. The summed E-state index contributed by atoms with van der Waals surface area (Å²) in [5.41, 5.74) is 6.16. The minimum atomic E-state index is 0.247. The lowest BCUT2D eigenvalue weighted by Crippen LogP contribution is -2.19.